The minimum atomic E-state index is -0.800. The number of nitrogens with zero attached hydrogens (tertiary/aromatic N) is 2. The molecule has 5 nitrogen and oxygen atoms in total. The van der Waals surface area contributed by atoms with Crippen LogP contribution >= 0.6 is 0 Å². The summed E-state index contributed by atoms with van der Waals surface area (Å²) in [6.45, 7) is 1.95. The maximum absolute atomic E-state index is 13.7. The Hall–Kier alpha value is -1.47. The van der Waals surface area contributed by atoms with Crippen molar-refractivity contribution in [3.63, 3.8) is 0 Å². The first-order valence-electron chi connectivity index (χ1n) is 5.72. The lowest BCUT2D eigenvalue weighted by Gasteiger charge is -2.19. The molecule has 0 amide bonds. The van der Waals surface area contributed by atoms with E-state index in [1.54, 1.807) is 12.0 Å². The number of methoxy groups -OCH3 is 1. The molecule has 0 radical (unpaired) electrons. The summed E-state index contributed by atoms with van der Waals surface area (Å²) < 4.78 is 32.0. The van der Waals surface area contributed by atoms with Gasteiger partial charge in [-0.25, -0.2) is 19.6 Å². The molecule has 0 aliphatic carbocycles. The molecule has 100 valence electrons. The lowest BCUT2D eigenvalue weighted by atomic mass is 10.1. The number of nitrogens with two attached hydrogens (primary N) is 1. The highest BCUT2D eigenvalue weighted by Gasteiger charge is 2.26. The van der Waals surface area contributed by atoms with E-state index in [2.05, 4.69) is 10.4 Å². The van der Waals surface area contributed by atoms with Gasteiger partial charge in [0, 0.05) is 32.2 Å². The van der Waals surface area contributed by atoms with E-state index in [4.69, 9.17) is 10.6 Å². The molecule has 1 atom stereocenters. The molecule has 1 fully saturated rings. The number of ether oxygens (including phenoxy) is 1. The molecular formula is C11H16F2N4O. The average molecular weight is 258 g/mol. The van der Waals surface area contributed by atoms with Crippen LogP contribution in [0, 0.1) is 17.6 Å². The van der Waals surface area contributed by atoms with Crippen LogP contribution in [0.25, 0.3) is 0 Å². The van der Waals surface area contributed by atoms with Crippen LogP contribution in [-0.2, 0) is 4.74 Å². The summed E-state index contributed by atoms with van der Waals surface area (Å²) in [4.78, 5) is 5.64. The van der Waals surface area contributed by atoms with Crippen molar-refractivity contribution in [2.45, 2.75) is 6.42 Å². The van der Waals surface area contributed by atoms with E-state index in [1.165, 1.54) is 0 Å². The summed E-state index contributed by atoms with van der Waals surface area (Å²) in [5.41, 5.74) is 2.12. The molecular weight excluding hydrogens is 242 g/mol. The molecule has 0 spiro atoms. The first kappa shape index (κ1) is 13.0. The van der Waals surface area contributed by atoms with Crippen LogP contribution in [0.1, 0.15) is 6.42 Å². The molecule has 7 heteroatoms. The van der Waals surface area contributed by atoms with E-state index in [0.717, 1.165) is 12.5 Å². The Bertz CT molecular complexity index is 430. The number of rotatable bonds is 4. The van der Waals surface area contributed by atoms with Gasteiger partial charge in [-0.05, 0) is 6.42 Å². The number of hydrogen-bond acceptors (Lipinski definition) is 5. The predicted molar refractivity (Wildman–Crippen MR) is 64.2 cm³/mol. The second-order valence-corrected chi connectivity index (χ2v) is 4.32. The number of nitrogens with one attached hydrogen (secondary N) is 1. The quantitative estimate of drug-likeness (QED) is 0.626. The monoisotopic (exact) mass is 258 g/mol. The van der Waals surface area contributed by atoms with Crippen molar-refractivity contribution in [3.05, 3.63) is 17.7 Å². The highest BCUT2D eigenvalue weighted by molar-refractivity contribution is 5.49. The zero-order chi connectivity index (χ0) is 13.1. The van der Waals surface area contributed by atoms with E-state index >= 15 is 0 Å². The molecule has 1 aliphatic rings. The van der Waals surface area contributed by atoms with Crippen molar-refractivity contribution in [3.8, 4) is 0 Å². The molecule has 1 aliphatic heterocycles. The topological polar surface area (TPSA) is 63.4 Å². The first-order chi connectivity index (χ1) is 8.65. The van der Waals surface area contributed by atoms with Crippen LogP contribution < -0.4 is 16.2 Å². The third-order valence-electron chi connectivity index (χ3n) is 3.04. The maximum atomic E-state index is 13.7. The number of aromatic nitrogens is 1. The van der Waals surface area contributed by atoms with Gasteiger partial charge in [0.1, 0.15) is 0 Å². The molecule has 3 N–H and O–H groups in total. The molecule has 2 rings (SSSR count). The van der Waals surface area contributed by atoms with Gasteiger partial charge in [-0.3, -0.25) is 0 Å². The van der Waals surface area contributed by atoms with Crippen LogP contribution in [0.15, 0.2) is 6.07 Å². The fraction of sp³-hybridized carbons (Fsp3) is 0.545. The van der Waals surface area contributed by atoms with Gasteiger partial charge in [0.05, 0.1) is 6.61 Å². The normalized spacial score (nSPS) is 19.3. The van der Waals surface area contributed by atoms with Crippen LogP contribution in [0.2, 0.25) is 0 Å². The van der Waals surface area contributed by atoms with Crippen LogP contribution in [0.3, 0.4) is 0 Å². The minimum absolute atomic E-state index is 0.128. The molecule has 0 aromatic carbocycles. The molecule has 1 unspecified atom stereocenters. The Morgan fingerprint density at radius 3 is 3.00 bits per heavy atom. The second kappa shape index (κ2) is 5.45. The van der Waals surface area contributed by atoms with Crippen LogP contribution in [0.4, 0.5) is 20.4 Å². The highest BCUT2D eigenvalue weighted by Crippen LogP contribution is 2.27. The molecule has 0 saturated carbocycles. The molecule has 1 saturated heterocycles. The molecule has 1 aromatic heterocycles. The van der Waals surface area contributed by atoms with E-state index in [0.29, 0.717) is 25.6 Å². The standard InChI is InChI=1S/C11H16F2N4O/c1-18-6-7-2-3-17(5-7)11-9(13)4-8(12)10(15-11)16-14/h4,7H,2-3,5-6,14H2,1H3,(H,15,16). The molecule has 2 heterocycles. The Labute approximate surface area is 104 Å². The predicted octanol–water partition coefficient (Wildman–Crippen LogP) is 1.12. The Kier molecular flexibility index (Phi) is 3.93. The fourth-order valence-corrected chi connectivity index (χ4v) is 2.18. The summed E-state index contributed by atoms with van der Waals surface area (Å²) in [6, 6.07) is 0.793. The summed E-state index contributed by atoms with van der Waals surface area (Å²) in [6.07, 6.45) is 0.901. The van der Waals surface area contributed by atoms with Crippen molar-refractivity contribution in [1.82, 2.24) is 4.98 Å². The van der Waals surface area contributed by atoms with Gasteiger partial charge >= 0.3 is 0 Å². The zero-order valence-electron chi connectivity index (χ0n) is 10.1. The molecule has 0 bridgehead atoms. The summed E-state index contributed by atoms with van der Waals surface area (Å²) in [5, 5.41) is 0. The van der Waals surface area contributed by atoms with E-state index < -0.39 is 11.6 Å². The Balaban J connectivity index is 2.18. The van der Waals surface area contributed by atoms with Gasteiger partial charge in [0.15, 0.2) is 23.3 Å². The number of pyridine rings is 1. The van der Waals surface area contributed by atoms with E-state index in [-0.39, 0.29) is 11.6 Å². The number of nitrogen functional groups attached to an aromatic ring is 1. The number of halogens is 2. The lowest BCUT2D eigenvalue weighted by Crippen LogP contribution is -2.24. The van der Waals surface area contributed by atoms with Gasteiger partial charge in [0.2, 0.25) is 0 Å². The third-order valence-corrected chi connectivity index (χ3v) is 3.04. The third kappa shape index (κ3) is 2.51. The maximum Gasteiger partial charge on any atom is 0.178 e. The minimum Gasteiger partial charge on any atom is -0.384 e. The second-order valence-electron chi connectivity index (χ2n) is 4.32. The SMILES string of the molecule is COCC1CCN(c2nc(NN)c(F)cc2F)C1. The lowest BCUT2D eigenvalue weighted by molar-refractivity contribution is 0.161. The molecule has 1 aromatic rings. The van der Waals surface area contributed by atoms with Crippen molar-refractivity contribution >= 4 is 11.6 Å². The van der Waals surface area contributed by atoms with Gasteiger partial charge in [0.25, 0.3) is 0 Å². The zero-order valence-corrected chi connectivity index (χ0v) is 10.1. The smallest absolute Gasteiger partial charge is 0.178 e. The first-order valence-corrected chi connectivity index (χ1v) is 5.72. The van der Waals surface area contributed by atoms with Crippen molar-refractivity contribution in [2.24, 2.45) is 11.8 Å². The molecule has 18 heavy (non-hydrogen) atoms. The summed E-state index contributed by atoms with van der Waals surface area (Å²) in [7, 11) is 1.63. The van der Waals surface area contributed by atoms with Crippen molar-refractivity contribution in [2.75, 3.05) is 37.1 Å². The van der Waals surface area contributed by atoms with Gasteiger partial charge in [-0.15, -0.1) is 0 Å². The fourth-order valence-electron chi connectivity index (χ4n) is 2.18. The average Bonchev–Trinajstić information content (AvgIpc) is 2.78. The Morgan fingerprint density at radius 2 is 2.33 bits per heavy atom. The Morgan fingerprint density at radius 1 is 1.56 bits per heavy atom. The van der Waals surface area contributed by atoms with E-state index in [9.17, 15) is 8.78 Å². The summed E-state index contributed by atoms with van der Waals surface area (Å²) in [5.74, 6) is 3.97. The number of anilines is 2. The highest BCUT2D eigenvalue weighted by atomic mass is 19.1. The van der Waals surface area contributed by atoms with Crippen molar-refractivity contribution < 1.29 is 13.5 Å². The van der Waals surface area contributed by atoms with Crippen LogP contribution in [-0.4, -0.2) is 31.8 Å². The van der Waals surface area contributed by atoms with E-state index in [1.807, 2.05) is 0 Å². The summed E-state index contributed by atoms with van der Waals surface area (Å²) >= 11 is 0. The largest absolute Gasteiger partial charge is 0.384 e. The number of hydrogen-bond donors (Lipinski definition) is 2. The number of hydrazine groups is 1. The van der Waals surface area contributed by atoms with Gasteiger partial charge < -0.3 is 15.1 Å². The van der Waals surface area contributed by atoms with Crippen molar-refractivity contribution in [1.29, 1.82) is 0 Å². The van der Waals surface area contributed by atoms with Crippen LogP contribution in [0.5, 0.6) is 0 Å². The van der Waals surface area contributed by atoms with Gasteiger partial charge in [-0.2, -0.15) is 0 Å². The van der Waals surface area contributed by atoms with Gasteiger partial charge in [-0.1, -0.05) is 0 Å².